The summed E-state index contributed by atoms with van der Waals surface area (Å²) in [4.78, 5) is 8.50. The lowest BCUT2D eigenvalue weighted by atomic mass is 9.87. The maximum absolute atomic E-state index is 13.1. The predicted octanol–water partition coefficient (Wildman–Crippen LogP) is 12.0. The Kier molecular flexibility index (Phi) is 13.6. The second-order valence-corrected chi connectivity index (χ2v) is 21.5. The summed E-state index contributed by atoms with van der Waals surface area (Å²) < 4.78 is 189. The van der Waals surface area contributed by atoms with E-state index >= 15 is 0 Å². The summed E-state index contributed by atoms with van der Waals surface area (Å²) in [5.74, 6) is -0.617. The number of aromatic nitrogens is 2. The van der Waals surface area contributed by atoms with Crippen LogP contribution >= 0.6 is 11.6 Å². The molecule has 404 valence electrons. The molecule has 0 unspecified atom stereocenters. The number of hydrogen-bond donors (Lipinski definition) is 7. The van der Waals surface area contributed by atoms with Gasteiger partial charge in [-0.05, 0) is 253 Å². The number of ether oxygens (including phenoxy) is 3. The third kappa shape index (κ3) is 15.9. The largest absolute Gasteiger partial charge is 0.489 e. The molecule has 3 fully saturated rings. The highest BCUT2D eigenvalue weighted by atomic mass is 35.5. The van der Waals surface area contributed by atoms with Crippen LogP contribution in [0.2, 0.25) is 5.02 Å². The number of rotatable bonds is 15. The molecule has 0 amide bonds. The molecule has 0 aliphatic carbocycles. The number of para-hydroxylation sites is 1. The molecule has 0 bridgehead atoms. The first-order valence-corrected chi connectivity index (χ1v) is 26.1. The van der Waals surface area contributed by atoms with Gasteiger partial charge in [0.1, 0.15) is 22.3 Å². The highest BCUT2D eigenvalue weighted by Gasteiger charge is 2.25. The van der Waals surface area contributed by atoms with E-state index in [1.807, 2.05) is 6.92 Å². The molecule has 74 heavy (non-hydrogen) atoms. The Morgan fingerprint density at radius 1 is 0.649 bits per heavy atom. The lowest BCUT2D eigenvalue weighted by molar-refractivity contribution is 0.243. The molecule has 9 N–H and O–H groups in total. The van der Waals surface area contributed by atoms with E-state index < -0.39 is 84.1 Å². The fraction of sp³-hybridized carbons (Fsp3) is 0.517. The quantitative estimate of drug-likeness (QED) is 0.0489. The highest BCUT2D eigenvalue weighted by Crippen LogP contribution is 2.39. The summed E-state index contributed by atoms with van der Waals surface area (Å²) in [6.45, 7) is 5.92. The zero-order chi connectivity index (χ0) is 69.9. The van der Waals surface area contributed by atoms with Crippen molar-refractivity contribution < 1.29 is 47.3 Å². The average Bonchev–Trinajstić information content (AvgIpc) is 0.798. The van der Waals surface area contributed by atoms with Gasteiger partial charge < -0.3 is 52.3 Å². The zero-order valence-electron chi connectivity index (χ0n) is 62.0. The van der Waals surface area contributed by atoms with Gasteiger partial charge in [0.15, 0.2) is 15.7 Å². The number of nitrogens with one attached hydrogen (secondary N) is 5. The maximum atomic E-state index is 13.1. The number of halogens is 1. The van der Waals surface area contributed by atoms with E-state index in [2.05, 4.69) is 36.6 Å². The third-order valence-electron chi connectivity index (χ3n) is 11.8. The molecule has 1 aromatic heterocycles. The molecule has 3 saturated heterocycles. The van der Waals surface area contributed by atoms with Gasteiger partial charge in [-0.25, -0.2) is 13.4 Å². The van der Waals surface area contributed by atoms with Crippen LogP contribution < -0.4 is 52.3 Å². The van der Waals surface area contributed by atoms with E-state index in [0.29, 0.717) is 33.7 Å². The van der Waals surface area contributed by atoms with E-state index in [1.54, 1.807) is 77.9 Å². The van der Waals surface area contributed by atoms with Crippen LogP contribution in [0.25, 0.3) is 0 Å². The zero-order valence-corrected chi connectivity index (χ0v) is 45.6. The molecule has 5 aromatic rings. The van der Waals surface area contributed by atoms with Gasteiger partial charge in [0.05, 0.1) is 64.2 Å². The average molecular weight is 1070 g/mol. The van der Waals surface area contributed by atoms with Crippen LogP contribution in [0.3, 0.4) is 0 Å². The molecule has 0 saturated carbocycles. The normalized spacial score (nSPS) is 24.1. The lowest BCUT2D eigenvalue weighted by Gasteiger charge is -2.26. The second kappa shape index (κ2) is 26.9. The smallest absolute Gasteiger partial charge is 0.229 e. The van der Waals surface area contributed by atoms with Crippen molar-refractivity contribution in [2.75, 3.05) is 61.1 Å². The van der Waals surface area contributed by atoms with E-state index in [0.717, 1.165) is 11.1 Å². The fourth-order valence-electron chi connectivity index (χ4n) is 8.21. The number of sulfone groups is 1. The van der Waals surface area contributed by atoms with Crippen molar-refractivity contribution in [3.63, 3.8) is 0 Å². The van der Waals surface area contributed by atoms with Crippen molar-refractivity contribution in [2.45, 2.75) is 161 Å². The fourth-order valence-corrected chi connectivity index (χ4v) is 9.46. The number of nitrogens with zero attached hydrogens (tertiary/aromatic N) is 2. The molecule has 14 nitrogen and oxygen atoms in total. The first-order valence-electron chi connectivity index (χ1n) is 33.3. The molecule has 8 rings (SSSR count). The molecule has 0 spiro atoms. The molecule has 0 atom stereocenters. The lowest BCUT2D eigenvalue weighted by Crippen LogP contribution is -2.27. The van der Waals surface area contributed by atoms with E-state index in [-0.39, 0.29) is 107 Å². The minimum absolute atomic E-state index is 0.0345. The Morgan fingerprint density at radius 2 is 1.09 bits per heavy atom. The van der Waals surface area contributed by atoms with Gasteiger partial charge >= 0.3 is 0 Å². The van der Waals surface area contributed by atoms with Gasteiger partial charge in [0, 0.05) is 17.8 Å². The molecule has 0 radical (unpaired) electrons. The maximum Gasteiger partial charge on any atom is 0.229 e. The number of nitrogens with two attached hydrogens (primary N) is 2. The minimum atomic E-state index is -4.07. The number of benzene rings is 4. The Morgan fingerprint density at radius 3 is 1.59 bits per heavy atom. The van der Waals surface area contributed by atoms with Gasteiger partial charge in [0.2, 0.25) is 5.95 Å². The Balaban J connectivity index is 0.000000241. The van der Waals surface area contributed by atoms with Crippen LogP contribution in [0.5, 0.6) is 17.2 Å². The van der Waals surface area contributed by atoms with Crippen molar-refractivity contribution in [1.82, 2.24) is 25.9 Å². The summed E-state index contributed by atoms with van der Waals surface area (Å²) in [6.07, 6.45) is -2.10. The first kappa shape index (κ1) is 37.4. The molecular weight excluding hydrogens is 970 g/mol. The first-order chi connectivity index (χ1) is 41.5. The van der Waals surface area contributed by atoms with Crippen LogP contribution in [0.1, 0.15) is 170 Å². The third-order valence-corrected chi connectivity index (χ3v) is 14.1. The van der Waals surface area contributed by atoms with Gasteiger partial charge in [0.25, 0.3) is 0 Å². The molecule has 4 aromatic carbocycles. The molecular formula is C58H84ClN9O5S. The SMILES string of the molecule is [2H]C1([2H])CC(c2cc(OC([2H])(C)C)c(N)cc2C)CC([2H])([2H])N1.[2H]c1c(C)c(C2CC([2H])([2H])NC([2H])([2H])C2)cc(OC([2H])(C)C)c1N.[2H]c1c(C)c(C2CC([2H])([2H])NC([2H])([2H])C2)cc(OC([2H])(C)C)c1Nc1ncc(Cl)c(Nc2ccccc2S(=O)(=O)C([2H])(C)C)n1. The van der Waals surface area contributed by atoms with E-state index in [4.69, 9.17) is 62.0 Å². The Hall–Kier alpha value is -5.32. The Labute approximate surface area is 472 Å². The minimum Gasteiger partial charge on any atom is -0.489 e. The number of aryl methyl sites for hydroxylation is 1. The molecule has 4 heterocycles. The monoisotopic (exact) mass is 1070 g/mol. The number of piperidine rings is 3. The van der Waals surface area contributed by atoms with Gasteiger partial charge in [-0.3, -0.25) is 0 Å². The van der Waals surface area contributed by atoms with Crippen molar-refractivity contribution in [1.29, 1.82) is 0 Å². The summed E-state index contributed by atoms with van der Waals surface area (Å²) in [5.41, 5.74) is 16.6. The van der Waals surface area contributed by atoms with Crippen molar-refractivity contribution in [3.8, 4) is 17.2 Å². The molecule has 16 heteroatoms. The van der Waals surface area contributed by atoms with Crippen LogP contribution in [0, 0.1) is 20.8 Å². The second-order valence-electron chi connectivity index (χ2n) is 18.8. The molecule has 3 aliphatic rings. The van der Waals surface area contributed by atoms with Gasteiger partial charge in [-0.2, -0.15) is 4.98 Å². The van der Waals surface area contributed by atoms with Gasteiger partial charge in [-0.1, -0.05) is 23.7 Å². The van der Waals surface area contributed by atoms with E-state index in [1.165, 1.54) is 46.0 Å². The summed E-state index contributed by atoms with van der Waals surface area (Å²) in [7, 11) is -4.07. The summed E-state index contributed by atoms with van der Waals surface area (Å²) >= 11 is 6.38. The highest BCUT2D eigenvalue weighted by molar-refractivity contribution is 7.92. The van der Waals surface area contributed by atoms with Crippen molar-refractivity contribution in [2.24, 2.45) is 0 Å². The van der Waals surface area contributed by atoms with Crippen LogP contribution in [0.4, 0.5) is 34.5 Å². The number of nitrogen functional groups attached to an aromatic ring is 2. The van der Waals surface area contributed by atoms with Crippen LogP contribution in [-0.4, -0.2) is 80.8 Å². The number of hydrogen-bond acceptors (Lipinski definition) is 14. The standard InChI is InChI=1S/C28H36ClN5O3S.2C15H24N2O/c1-17(2)37-25-15-21(20-10-12-30-13-11-20)19(5)14-24(25)33-28-31-16-22(29)27(34-28)32-23-8-6-7-9-26(23)38(35,36)18(3)4;2*1-10(2)18-15-9-13(11(3)8-14(15)16)12-4-6-17-7-5-12/h6-9,14-18,20,30H,10-13H2,1-5H3,(H2,31,32,33,34);2*8-10,12,17H,4-7,16H2,1-3H3/i12D2,13D2,14D,17D,18D;6D2,7D2,8D,10D;6D2,7D2,10D. The number of anilines is 6. The van der Waals surface area contributed by atoms with Crippen molar-refractivity contribution in [3.05, 3.63) is 105 Å². The van der Waals surface area contributed by atoms with Crippen molar-refractivity contribution >= 4 is 56.0 Å². The summed E-state index contributed by atoms with van der Waals surface area (Å²) in [5, 5.41) is 11.3. The summed E-state index contributed by atoms with van der Waals surface area (Å²) in [6, 6.07) is 12.8. The van der Waals surface area contributed by atoms with Crippen LogP contribution in [0.15, 0.2) is 71.7 Å². The van der Waals surface area contributed by atoms with Crippen LogP contribution in [-0.2, 0) is 9.84 Å². The Bertz CT molecular complexity index is 3590. The van der Waals surface area contributed by atoms with Gasteiger partial charge in [-0.15, -0.1) is 0 Å². The predicted molar refractivity (Wildman–Crippen MR) is 307 cm³/mol. The molecule has 3 aliphatic heterocycles. The van der Waals surface area contributed by atoms with E-state index in [9.17, 15) is 8.42 Å². The topological polar surface area (TPSA) is 200 Å².